The van der Waals surface area contributed by atoms with Crippen LogP contribution < -0.4 is 4.74 Å². The molecule has 0 radical (unpaired) electrons. The third-order valence-electron chi connectivity index (χ3n) is 2.06. The van der Waals surface area contributed by atoms with Crippen LogP contribution in [0.15, 0.2) is 42.5 Å². The third-order valence-corrected chi connectivity index (χ3v) is 2.06. The van der Waals surface area contributed by atoms with Crippen molar-refractivity contribution in [3.8, 4) is 5.75 Å². The van der Waals surface area contributed by atoms with Gasteiger partial charge in [0, 0.05) is 6.07 Å². The van der Waals surface area contributed by atoms with Gasteiger partial charge in [0.25, 0.3) is 0 Å². The van der Waals surface area contributed by atoms with Gasteiger partial charge in [0.15, 0.2) is 11.6 Å². The van der Waals surface area contributed by atoms with Crippen LogP contribution in [0.5, 0.6) is 5.75 Å². The third kappa shape index (κ3) is 4.83. The van der Waals surface area contributed by atoms with Gasteiger partial charge in [-0.25, -0.2) is 8.78 Å². The molecular formula is C13H9BrF2OZn. The van der Waals surface area contributed by atoms with E-state index in [1.54, 1.807) is 6.07 Å². The van der Waals surface area contributed by atoms with Crippen LogP contribution in [0.2, 0.25) is 0 Å². The van der Waals surface area contributed by atoms with Crippen LogP contribution in [0.25, 0.3) is 0 Å². The van der Waals surface area contributed by atoms with Gasteiger partial charge in [-0.3, -0.25) is 0 Å². The molecule has 0 fully saturated rings. The Bertz CT molecular complexity index is 480. The molecule has 2 aromatic carbocycles. The quantitative estimate of drug-likeness (QED) is 0.586. The summed E-state index contributed by atoms with van der Waals surface area (Å²) in [4.78, 5) is 0. The van der Waals surface area contributed by atoms with Crippen molar-refractivity contribution in [2.75, 3.05) is 0 Å². The first-order valence-corrected chi connectivity index (χ1v) is 12.0. The van der Waals surface area contributed by atoms with Crippen molar-refractivity contribution in [3.63, 3.8) is 0 Å². The van der Waals surface area contributed by atoms with Crippen LogP contribution in [-0.4, -0.2) is 0 Å². The first kappa shape index (κ1) is 15.3. The molecule has 0 unspecified atom stereocenters. The van der Waals surface area contributed by atoms with E-state index in [4.69, 9.17) is 4.74 Å². The SMILES string of the molecule is Fc1ccc(OCc2[c-]cccc2)cc1F.[Zn+][Br]. The summed E-state index contributed by atoms with van der Waals surface area (Å²) < 4.78 is 30.8. The molecule has 0 amide bonds. The van der Waals surface area contributed by atoms with E-state index in [2.05, 4.69) is 19.7 Å². The van der Waals surface area contributed by atoms with Crippen LogP contribution in [-0.2, 0) is 22.9 Å². The second-order valence-electron chi connectivity index (χ2n) is 3.25. The van der Waals surface area contributed by atoms with E-state index >= 15 is 0 Å². The predicted octanol–water partition coefficient (Wildman–Crippen LogP) is 4.19. The molecule has 0 saturated carbocycles. The number of rotatable bonds is 3. The summed E-state index contributed by atoms with van der Waals surface area (Å²) in [6.45, 7) is 0.284. The number of benzene rings is 2. The monoisotopic (exact) mass is 362 g/mol. The van der Waals surface area contributed by atoms with E-state index in [-0.39, 0.29) is 6.61 Å². The van der Waals surface area contributed by atoms with Gasteiger partial charge < -0.3 is 4.74 Å². The molecule has 0 saturated heterocycles. The van der Waals surface area contributed by atoms with Gasteiger partial charge in [0.2, 0.25) is 0 Å². The molecule has 5 heteroatoms. The minimum absolute atomic E-state index is 0.284. The summed E-state index contributed by atoms with van der Waals surface area (Å²) in [5.74, 6) is -1.48. The van der Waals surface area contributed by atoms with E-state index < -0.39 is 11.6 Å². The molecule has 0 N–H and O–H groups in total. The fourth-order valence-electron chi connectivity index (χ4n) is 1.25. The van der Waals surface area contributed by atoms with E-state index in [0.29, 0.717) is 5.75 Å². The average molecular weight is 365 g/mol. The van der Waals surface area contributed by atoms with E-state index in [1.807, 2.05) is 18.2 Å². The summed E-state index contributed by atoms with van der Waals surface area (Å²) in [6, 6.07) is 13.8. The molecule has 18 heavy (non-hydrogen) atoms. The molecule has 0 heterocycles. The van der Waals surface area contributed by atoms with Crippen molar-refractivity contribution >= 4 is 13.6 Å². The summed E-state index contributed by atoms with van der Waals surface area (Å²) in [7, 11) is 0. The molecule has 0 aliphatic rings. The van der Waals surface area contributed by atoms with Gasteiger partial charge in [0.1, 0.15) is 5.75 Å². The van der Waals surface area contributed by atoms with Crippen molar-refractivity contribution < 1.29 is 29.9 Å². The molecule has 0 aliphatic heterocycles. The van der Waals surface area contributed by atoms with Gasteiger partial charge in [0.05, 0.1) is 6.61 Å². The molecule has 0 atom stereocenters. The molecule has 0 spiro atoms. The fraction of sp³-hybridized carbons (Fsp3) is 0.0769. The average Bonchev–Trinajstić information content (AvgIpc) is 2.44. The van der Waals surface area contributed by atoms with E-state index in [9.17, 15) is 8.78 Å². The van der Waals surface area contributed by atoms with Gasteiger partial charge >= 0.3 is 30.0 Å². The molecule has 0 aliphatic carbocycles. The Morgan fingerprint density at radius 3 is 2.50 bits per heavy atom. The fourth-order valence-corrected chi connectivity index (χ4v) is 1.25. The Labute approximate surface area is 121 Å². The predicted molar refractivity (Wildman–Crippen MR) is 64.9 cm³/mol. The Balaban J connectivity index is 0.000000771. The van der Waals surface area contributed by atoms with Crippen LogP contribution in [0, 0.1) is 17.7 Å². The Morgan fingerprint density at radius 1 is 1.11 bits per heavy atom. The second-order valence-corrected chi connectivity index (χ2v) is 3.25. The summed E-state index contributed by atoms with van der Waals surface area (Å²) >= 11 is 4.25. The van der Waals surface area contributed by atoms with Crippen LogP contribution in [0.4, 0.5) is 8.78 Å². The van der Waals surface area contributed by atoms with Gasteiger partial charge in [-0.2, -0.15) is 30.3 Å². The normalized spacial score (nSPS) is 9.39. The van der Waals surface area contributed by atoms with Crippen molar-refractivity contribution in [2.24, 2.45) is 0 Å². The second kappa shape index (κ2) is 8.33. The number of ether oxygens (including phenoxy) is 1. The molecule has 2 aromatic rings. The Morgan fingerprint density at radius 2 is 1.89 bits per heavy atom. The van der Waals surface area contributed by atoms with E-state index in [1.165, 1.54) is 22.4 Å². The first-order chi connectivity index (χ1) is 8.75. The van der Waals surface area contributed by atoms with Crippen molar-refractivity contribution in [3.05, 3.63) is 65.7 Å². The van der Waals surface area contributed by atoms with Gasteiger partial charge in [-0.05, 0) is 12.1 Å². The Hall–Kier alpha value is -0.797. The van der Waals surface area contributed by atoms with Gasteiger partial charge in [-0.15, -0.1) is 5.56 Å². The molecule has 0 bridgehead atoms. The number of hydrogen-bond acceptors (Lipinski definition) is 1. The number of hydrogen-bond donors (Lipinski definition) is 0. The molecule has 0 aromatic heterocycles. The molecule has 2 rings (SSSR count). The van der Waals surface area contributed by atoms with Crippen molar-refractivity contribution in [2.45, 2.75) is 6.61 Å². The Kier molecular flexibility index (Phi) is 7.06. The summed E-state index contributed by atoms with van der Waals surface area (Å²) in [6.07, 6.45) is 0. The molecular weight excluding hydrogens is 355 g/mol. The zero-order chi connectivity index (χ0) is 13.4. The molecule has 1 nitrogen and oxygen atoms in total. The maximum absolute atomic E-state index is 12.8. The van der Waals surface area contributed by atoms with Gasteiger partial charge in [-0.1, -0.05) is 0 Å². The zero-order valence-electron chi connectivity index (χ0n) is 9.50. The van der Waals surface area contributed by atoms with Crippen LogP contribution in [0.1, 0.15) is 5.56 Å². The molecule has 90 valence electrons. The zero-order valence-corrected chi connectivity index (χ0v) is 14.1. The van der Waals surface area contributed by atoms with E-state index in [0.717, 1.165) is 17.7 Å². The topological polar surface area (TPSA) is 9.23 Å². The first-order valence-electron chi connectivity index (χ1n) is 5.06. The van der Waals surface area contributed by atoms with Crippen LogP contribution in [0.3, 0.4) is 0 Å². The van der Waals surface area contributed by atoms with Crippen molar-refractivity contribution in [1.82, 2.24) is 0 Å². The van der Waals surface area contributed by atoms with Crippen LogP contribution >= 0.6 is 13.6 Å². The summed E-state index contributed by atoms with van der Waals surface area (Å²) in [5.41, 5.74) is 0.854. The summed E-state index contributed by atoms with van der Waals surface area (Å²) in [5, 5.41) is 0. The van der Waals surface area contributed by atoms with Crippen molar-refractivity contribution in [1.29, 1.82) is 0 Å². The standard InChI is InChI=1S/C13H9F2O.BrH.Zn/c14-12-7-6-11(8-13(12)15)16-9-10-4-2-1-3-5-10;;/h1-4,6-8H,9H2;1H;/q-1;;+2/p-1. The maximum atomic E-state index is 12.8. The number of halogens is 3. The minimum atomic E-state index is -0.908.